The molecule has 2 aliphatic rings. The van der Waals surface area contributed by atoms with Crippen molar-refractivity contribution < 1.29 is 5.11 Å². The average Bonchev–Trinajstić information content (AvgIpc) is 2.65. The molecule has 0 aromatic carbocycles. The zero-order valence-electron chi connectivity index (χ0n) is 14.7. The van der Waals surface area contributed by atoms with Gasteiger partial charge in [-0.1, -0.05) is 37.6 Å². The average molecular weight is 290 g/mol. The summed E-state index contributed by atoms with van der Waals surface area (Å²) in [6.07, 6.45) is 14.5. The molecule has 0 amide bonds. The Morgan fingerprint density at radius 2 is 2.00 bits per heavy atom. The van der Waals surface area contributed by atoms with E-state index < -0.39 is 5.60 Å². The quantitative estimate of drug-likeness (QED) is 0.632. The van der Waals surface area contributed by atoms with Crippen LogP contribution in [0.15, 0.2) is 23.8 Å². The highest BCUT2D eigenvalue weighted by molar-refractivity contribution is 5.10. The molecule has 1 nitrogen and oxygen atoms in total. The Bertz CT molecular complexity index is 412. The SMILES string of the molecule is CC1=CCCC(C)C=CCC2(C)CCC(C(C)(C)O)C2C1. The Hall–Kier alpha value is -0.560. The number of aliphatic hydroxyl groups is 1. The van der Waals surface area contributed by atoms with Crippen molar-refractivity contribution >= 4 is 0 Å². The first kappa shape index (κ1) is 16.8. The van der Waals surface area contributed by atoms with Crippen LogP contribution in [-0.2, 0) is 0 Å². The van der Waals surface area contributed by atoms with Gasteiger partial charge in [-0.15, -0.1) is 0 Å². The fourth-order valence-electron chi connectivity index (χ4n) is 4.53. The minimum atomic E-state index is -0.556. The zero-order valence-corrected chi connectivity index (χ0v) is 14.7. The van der Waals surface area contributed by atoms with Gasteiger partial charge in [0.2, 0.25) is 0 Å². The molecule has 0 bridgehead atoms. The molecular weight excluding hydrogens is 256 g/mol. The van der Waals surface area contributed by atoms with Crippen LogP contribution in [0.4, 0.5) is 0 Å². The van der Waals surface area contributed by atoms with Crippen LogP contribution < -0.4 is 0 Å². The van der Waals surface area contributed by atoms with Crippen LogP contribution in [0.2, 0.25) is 0 Å². The van der Waals surface area contributed by atoms with Crippen molar-refractivity contribution in [1.82, 2.24) is 0 Å². The molecule has 4 unspecified atom stereocenters. The predicted molar refractivity (Wildman–Crippen MR) is 91.1 cm³/mol. The van der Waals surface area contributed by atoms with E-state index in [1.54, 1.807) is 0 Å². The monoisotopic (exact) mass is 290 g/mol. The van der Waals surface area contributed by atoms with Gasteiger partial charge >= 0.3 is 0 Å². The van der Waals surface area contributed by atoms with Crippen LogP contribution in [-0.4, -0.2) is 10.7 Å². The first-order valence-electron chi connectivity index (χ1n) is 8.77. The van der Waals surface area contributed by atoms with E-state index in [4.69, 9.17) is 0 Å². The standard InChI is InChI=1S/C20H34O/c1-15-8-6-9-16(2)14-18-17(19(3,4)21)11-13-20(18,5)12-7-10-15/h7,9-10,15,17-18,21H,6,8,11-14H2,1-5H3. The molecule has 0 aliphatic heterocycles. The van der Waals surface area contributed by atoms with Gasteiger partial charge in [-0.05, 0) is 82.5 Å². The third kappa shape index (κ3) is 4.00. The maximum Gasteiger partial charge on any atom is 0.0622 e. The summed E-state index contributed by atoms with van der Waals surface area (Å²) in [6.45, 7) is 11.1. The second kappa shape index (κ2) is 6.28. The van der Waals surface area contributed by atoms with E-state index in [-0.39, 0.29) is 0 Å². The Morgan fingerprint density at radius 1 is 1.29 bits per heavy atom. The summed E-state index contributed by atoms with van der Waals surface area (Å²) in [7, 11) is 0. The maximum atomic E-state index is 10.6. The van der Waals surface area contributed by atoms with E-state index in [0.29, 0.717) is 23.2 Å². The van der Waals surface area contributed by atoms with E-state index >= 15 is 0 Å². The smallest absolute Gasteiger partial charge is 0.0622 e. The van der Waals surface area contributed by atoms with E-state index in [1.807, 2.05) is 13.8 Å². The lowest BCUT2D eigenvalue weighted by atomic mass is 9.68. The fraction of sp³-hybridized carbons (Fsp3) is 0.800. The largest absolute Gasteiger partial charge is 0.390 e. The van der Waals surface area contributed by atoms with E-state index in [0.717, 1.165) is 6.42 Å². The van der Waals surface area contributed by atoms with Crippen molar-refractivity contribution in [2.45, 2.75) is 78.7 Å². The van der Waals surface area contributed by atoms with Gasteiger partial charge in [0, 0.05) is 0 Å². The van der Waals surface area contributed by atoms with Gasteiger partial charge in [0.25, 0.3) is 0 Å². The molecule has 0 radical (unpaired) electrons. The molecule has 0 spiro atoms. The van der Waals surface area contributed by atoms with E-state index in [2.05, 4.69) is 39.0 Å². The first-order valence-corrected chi connectivity index (χ1v) is 8.77. The molecule has 1 fully saturated rings. The third-order valence-corrected chi connectivity index (χ3v) is 6.02. The molecule has 0 heterocycles. The number of fused-ring (bicyclic) bond motifs is 1. The highest BCUT2D eigenvalue weighted by atomic mass is 16.3. The lowest BCUT2D eigenvalue weighted by Gasteiger charge is -2.38. The zero-order chi connectivity index (χ0) is 15.7. The van der Waals surface area contributed by atoms with Crippen LogP contribution in [0, 0.1) is 23.2 Å². The van der Waals surface area contributed by atoms with Crippen molar-refractivity contribution in [3.63, 3.8) is 0 Å². The lowest BCUT2D eigenvalue weighted by molar-refractivity contribution is -0.0139. The summed E-state index contributed by atoms with van der Waals surface area (Å²) in [5.74, 6) is 1.71. The van der Waals surface area contributed by atoms with Crippen molar-refractivity contribution in [3.8, 4) is 0 Å². The summed E-state index contributed by atoms with van der Waals surface area (Å²) in [6, 6.07) is 0. The number of rotatable bonds is 1. The van der Waals surface area contributed by atoms with Gasteiger partial charge in [-0.2, -0.15) is 0 Å². The molecule has 1 saturated carbocycles. The van der Waals surface area contributed by atoms with Crippen molar-refractivity contribution in [2.75, 3.05) is 0 Å². The Kier molecular flexibility index (Phi) is 5.03. The maximum absolute atomic E-state index is 10.6. The second-order valence-corrected chi connectivity index (χ2v) is 8.50. The Labute approximate surface area is 131 Å². The minimum absolute atomic E-state index is 0.348. The molecule has 120 valence electrons. The van der Waals surface area contributed by atoms with Gasteiger partial charge in [0.05, 0.1) is 5.60 Å². The normalized spacial score (nSPS) is 38.6. The molecule has 21 heavy (non-hydrogen) atoms. The van der Waals surface area contributed by atoms with Crippen LogP contribution >= 0.6 is 0 Å². The molecule has 2 aliphatic carbocycles. The number of hydrogen-bond donors (Lipinski definition) is 1. The van der Waals surface area contributed by atoms with Crippen molar-refractivity contribution in [2.24, 2.45) is 23.2 Å². The fourth-order valence-corrected chi connectivity index (χ4v) is 4.53. The van der Waals surface area contributed by atoms with Gasteiger partial charge in [-0.3, -0.25) is 0 Å². The van der Waals surface area contributed by atoms with E-state index in [9.17, 15) is 5.11 Å². The molecule has 2 rings (SSSR count). The van der Waals surface area contributed by atoms with Crippen LogP contribution in [0.3, 0.4) is 0 Å². The van der Waals surface area contributed by atoms with Gasteiger partial charge in [-0.25, -0.2) is 0 Å². The summed E-state index contributed by atoms with van der Waals surface area (Å²) in [5.41, 5.74) is 1.32. The van der Waals surface area contributed by atoms with Gasteiger partial charge in [0.15, 0.2) is 0 Å². The molecule has 0 aromatic heterocycles. The Morgan fingerprint density at radius 3 is 2.67 bits per heavy atom. The Balaban J connectivity index is 2.29. The highest BCUT2D eigenvalue weighted by Crippen LogP contribution is 2.55. The van der Waals surface area contributed by atoms with Crippen molar-refractivity contribution in [1.29, 1.82) is 0 Å². The van der Waals surface area contributed by atoms with Crippen LogP contribution in [0.25, 0.3) is 0 Å². The lowest BCUT2D eigenvalue weighted by Crippen LogP contribution is -2.37. The second-order valence-electron chi connectivity index (χ2n) is 8.50. The number of hydrogen-bond acceptors (Lipinski definition) is 1. The molecule has 1 N–H and O–H groups in total. The third-order valence-electron chi connectivity index (χ3n) is 6.02. The molecule has 0 aromatic rings. The van der Waals surface area contributed by atoms with Crippen molar-refractivity contribution in [3.05, 3.63) is 23.8 Å². The minimum Gasteiger partial charge on any atom is -0.390 e. The van der Waals surface area contributed by atoms with Crippen LogP contribution in [0.5, 0.6) is 0 Å². The topological polar surface area (TPSA) is 20.2 Å². The number of allylic oxidation sites excluding steroid dienone is 4. The molecule has 0 saturated heterocycles. The summed E-state index contributed by atoms with van der Waals surface area (Å²) < 4.78 is 0. The van der Waals surface area contributed by atoms with Gasteiger partial charge in [0.1, 0.15) is 0 Å². The van der Waals surface area contributed by atoms with Crippen LogP contribution in [0.1, 0.15) is 73.1 Å². The summed E-state index contributed by atoms with van der Waals surface area (Å²) in [5, 5.41) is 10.6. The van der Waals surface area contributed by atoms with E-state index in [1.165, 1.54) is 37.7 Å². The predicted octanol–water partition coefficient (Wildman–Crippen LogP) is 5.50. The summed E-state index contributed by atoms with van der Waals surface area (Å²) in [4.78, 5) is 0. The molecule has 4 atom stereocenters. The van der Waals surface area contributed by atoms with Gasteiger partial charge < -0.3 is 5.11 Å². The molecule has 1 heteroatoms. The molecular formula is C20H34O. The summed E-state index contributed by atoms with van der Waals surface area (Å²) >= 11 is 0. The first-order chi connectivity index (χ1) is 9.72. The highest BCUT2D eigenvalue weighted by Gasteiger charge is 2.48.